The Morgan fingerprint density at radius 3 is 2.46 bits per heavy atom. The highest BCUT2D eigenvalue weighted by Crippen LogP contribution is 2.18. The average Bonchev–Trinajstić information content (AvgIpc) is 2.59. The monoisotopic (exact) mass is 327 g/mol. The van der Waals surface area contributed by atoms with E-state index in [1.165, 1.54) is 11.1 Å². The van der Waals surface area contributed by atoms with Gasteiger partial charge in [0.1, 0.15) is 18.1 Å². The molecule has 4 heteroatoms. The molecular formula is C20H25NO3. The lowest BCUT2D eigenvalue weighted by atomic mass is 10.1. The Balaban J connectivity index is 1.65. The van der Waals surface area contributed by atoms with E-state index in [4.69, 9.17) is 9.47 Å². The van der Waals surface area contributed by atoms with Crippen molar-refractivity contribution in [2.24, 2.45) is 0 Å². The standard InChI is InChI=1S/C20H25NO3/c1-4-17-6-8-18(9-7-17)24-14-20(22)21-11-12-23-19-10-5-15(2)13-16(19)3/h5-10,13H,4,11-12,14H2,1-3H3,(H,21,22). The molecule has 0 unspecified atom stereocenters. The van der Waals surface area contributed by atoms with E-state index in [0.29, 0.717) is 18.9 Å². The molecule has 0 spiro atoms. The number of carbonyl (C=O) groups is 1. The van der Waals surface area contributed by atoms with Crippen LogP contribution >= 0.6 is 0 Å². The summed E-state index contributed by atoms with van der Waals surface area (Å²) < 4.78 is 11.1. The van der Waals surface area contributed by atoms with E-state index in [9.17, 15) is 4.79 Å². The van der Waals surface area contributed by atoms with Gasteiger partial charge in [0.2, 0.25) is 0 Å². The summed E-state index contributed by atoms with van der Waals surface area (Å²) in [6, 6.07) is 13.8. The Labute approximate surface area is 143 Å². The van der Waals surface area contributed by atoms with Crippen LogP contribution in [0.4, 0.5) is 0 Å². The third kappa shape index (κ3) is 5.61. The second-order valence-electron chi connectivity index (χ2n) is 5.75. The predicted octanol–water partition coefficient (Wildman–Crippen LogP) is 3.44. The summed E-state index contributed by atoms with van der Waals surface area (Å²) in [4.78, 5) is 11.8. The van der Waals surface area contributed by atoms with Gasteiger partial charge >= 0.3 is 0 Å². The molecule has 0 atom stereocenters. The van der Waals surface area contributed by atoms with E-state index in [-0.39, 0.29) is 12.5 Å². The quantitative estimate of drug-likeness (QED) is 0.756. The first-order chi connectivity index (χ1) is 11.6. The van der Waals surface area contributed by atoms with Crippen molar-refractivity contribution in [3.8, 4) is 11.5 Å². The molecule has 0 aliphatic rings. The number of aryl methyl sites for hydroxylation is 3. The smallest absolute Gasteiger partial charge is 0.258 e. The predicted molar refractivity (Wildman–Crippen MR) is 95.7 cm³/mol. The van der Waals surface area contributed by atoms with Crippen LogP contribution in [0.25, 0.3) is 0 Å². The highest BCUT2D eigenvalue weighted by atomic mass is 16.5. The second kappa shape index (κ2) is 8.96. The second-order valence-corrected chi connectivity index (χ2v) is 5.75. The molecule has 2 aromatic carbocycles. The number of hydrogen-bond acceptors (Lipinski definition) is 3. The molecule has 0 aliphatic heterocycles. The van der Waals surface area contributed by atoms with Crippen molar-refractivity contribution in [2.45, 2.75) is 27.2 Å². The van der Waals surface area contributed by atoms with Gasteiger partial charge in [-0.3, -0.25) is 4.79 Å². The van der Waals surface area contributed by atoms with Gasteiger partial charge in [0.15, 0.2) is 6.61 Å². The topological polar surface area (TPSA) is 47.6 Å². The molecule has 0 bridgehead atoms. The van der Waals surface area contributed by atoms with Crippen LogP contribution in [0.2, 0.25) is 0 Å². The van der Waals surface area contributed by atoms with Gasteiger partial charge in [-0.2, -0.15) is 0 Å². The Morgan fingerprint density at radius 1 is 1.04 bits per heavy atom. The highest BCUT2D eigenvalue weighted by molar-refractivity contribution is 5.77. The first kappa shape index (κ1) is 17.9. The minimum absolute atomic E-state index is 0.00896. The summed E-state index contributed by atoms with van der Waals surface area (Å²) in [5.74, 6) is 1.40. The lowest BCUT2D eigenvalue weighted by Crippen LogP contribution is -2.32. The highest BCUT2D eigenvalue weighted by Gasteiger charge is 2.04. The first-order valence-electron chi connectivity index (χ1n) is 8.27. The maximum atomic E-state index is 11.8. The van der Waals surface area contributed by atoms with Crippen LogP contribution in [-0.4, -0.2) is 25.7 Å². The Hall–Kier alpha value is -2.49. The van der Waals surface area contributed by atoms with Crippen LogP contribution in [-0.2, 0) is 11.2 Å². The van der Waals surface area contributed by atoms with Crippen LogP contribution < -0.4 is 14.8 Å². The molecule has 128 valence electrons. The third-order valence-electron chi connectivity index (χ3n) is 3.71. The zero-order chi connectivity index (χ0) is 17.4. The van der Waals surface area contributed by atoms with Crippen LogP contribution in [0.1, 0.15) is 23.6 Å². The van der Waals surface area contributed by atoms with Crippen molar-refractivity contribution in [1.29, 1.82) is 0 Å². The maximum Gasteiger partial charge on any atom is 0.258 e. The van der Waals surface area contributed by atoms with E-state index >= 15 is 0 Å². The molecule has 1 amide bonds. The zero-order valence-corrected chi connectivity index (χ0v) is 14.6. The Bertz CT molecular complexity index is 665. The summed E-state index contributed by atoms with van der Waals surface area (Å²) in [6.07, 6.45) is 0.987. The van der Waals surface area contributed by atoms with Crippen molar-refractivity contribution in [3.05, 3.63) is 59.2 Å². The lowest BCUT2D eigenvalue weighted by molar-refractivity contribution is -0.123. The molecule has 1 N–H and O–H groups in total. The molecule has 2 aromatic rings. The molecule has 0 saturated heterocycles. The van der Waals surface area contributed by atoms with Gasteiger partial charge in [-0.05, 0) is 49.6 Å². The van der Waals surface area contributed by atoms with Crippen molar-refractivity contribution in [3.63, 3.8) is 0 Å². The van der Waals surface area contributed by atoms with Crippen molar-refractivity contribution in [2.75, 3.05) is 19.8 Å². The SMILES string of the molecule is CCc1ccc(OCC(=O)NCCOc2ccc(C)cc2C)cc1. The number of nitrogens with one attached hydrogen (secondary N) is 1. The van der Waals surface area contributed by atoms with Gasteiger partial charge in [0, 0.05) is 0 Å². The average molecular weight is 327 g/mol. The number of hydrogen-bond donors (Lipinski definition) is 1. The molecule has 4 nitrogen and oxygen atoms in total. The van der Waals surface area contributed by atoms with Crippen molar-refractivity contribution in [1.82, 2.24) is 5.32 Å². The van der Waals surface area contributed by atoms with Gasteiger partial charge in [-0.15, -0.1) is 0 Å². The summed E-state index contributed by atoms with van der Waals surface area (Å²) in [5.41, 5.74) is 3.55. The number of ether oxygens (including phenoxy) is 2. The van der Waals surface area contributed by atoms with E-state index in [2.05, 4.69) is 18.3 Å². The zero-order valence-electron chi connectivity index (χ0n) is 14.6. The maximum absolute atomic E-state index is 11.8. The number of carbonyl (C=O) groups excluding carboxylic acids is 1. The fourth-order valence-electron chi connectivity index (χ4n) is 2.33. The summed E-state index contributed by atoms with van der Waals surface area (Å²) in [5, 5.41) is 2.79. The van der Waals surface area contributed by atoms with E-state index in [1.54, 1.807) is 0 Å². The molecule has 0 aromatic heterocycles. The summed E-state index contributed by atoms with van der Waals surface area (Å²) in [6.45, 7) is 7.05. The van der Waals surface area contributed by atoms with Gasteiger partial charge in [-0.1, -0.05) is 36.8 Å². The molecule has 24 heavy (non-hydrogen) atoms. The largest absolute Gasteiger partial charge is 0.491 e. The van der Waals surface area contributed by atoms with Crippen LogP contribution in [0.5, 0.6) is 11.5 Å². The van der Waals surface area contributed by atoms with Gasteiger partial charge in [0.05, 0.1) is 6.54 Å². The Morgan fingerprint density at radius 2 is 1.79 bits per heavy atom. The minimum atomic E-state index is -0.154. The number of amides is 1. The van der Waals surface area contributed by atoms with Crippen molar-refractivity contribution >= 4 is 5.91 Å². The van der Waals surface area contributed by atoms with Crippen LogP contribution in [0.15, 0.2) is 42.5 Å². The fourth-order valence-corrected chi connectivity index (χ4v) is 2.33. The molecule has 0 heterocycles. The number of rotatable bonds is 8. The van der Waals surface area contributed by atoms with Gasteiger partial charge in [-0.25, -0.2) is 0 Å². The minimum Gasteiger partial charge on any atom is -0.491 e. The molecule has 0 fully saturated rings. The fraction of sp³-hybridized carbons (Fsp3) is 0.350. The molecule has 0 aliphatic carbocycles. The molecule has 0 saturated carbocycles. The van der Waals surface area contributed by atoms with Gasteiger partial charge in [0.25, 0.3) is 5.91 Å². The van der Waals surface area contributed by atoms with Crippen molar-refractivity contribution < 1.29 is 14.3 Å². The normalized spacial score (nSPS) is 10.3. The van der Waals surface area contributed by atoms with E-state index in [1.807, 2.05) is 50.2 Å². The molecular weight excluding hydrogens is 302 g/mol. The van der Waals surface area contributed by atoms with E-state index in [0.717, 1.165) is 17.7 Å². The number of benzene rings is 2. The first-order valence-corrected chi connectivity index (χ1v) is 8.27. The van der Waals surface area contributed by atoms with Gasteiger partial charge < -0.3 is 14.8 Å². The third-order valence-corrected chi connectivity index (χ3v) is 3.71. The van der Waals surface area contributed by atoms with Crippen LogP contribution in [0, 0.1) is 13.8 Å². The Kier molecular flexibility index (Phi) is 6.67. The summed E-state index contributed by atoms with van der Waals surface area (Å²) in [7, 11) is 0. The molecule has 2 rings (SSSR count). The lowest BCUT2D eigenvalue weighted by Gasteiger charge is -2.11. The molecule has 0 radical (unpaired) electrons. The summed E-state index contributed by atoms with van der Waals surface area (Å²) >= 11 is 0. The van der Waals surface area contributed by atoms with Crippen LogP contribution in [0.3, 0.4) is 0 Å². The van der Waals surface area contributed by atoms with E-state index < -0.39 is 0 Å².